The van der Waals surface area contributed by atoms with Gasteiger partial charge in [0.1, 0.15) is 4.90 Å². The molecule has 0 aliphatic carbocycles. The maximum absolute atomic E-state index is 12.5. The molecule has 0 aliphatic heterocycles. The van der Waals surface area contributed by atoms with E-state index in [1.807, 2.05) is 0 Å². The molecule has 0 atom stereocenters. The van der Waals surface area contributed by atoms with Gasteiger partial charge in [0, 0.05) is 15.4 Å². The topological polar surface area (TPSA) is 175 Å². The summed E-state index contributed by atoms with van der Waals surface area (Å²) in [6, 6.07) is 10.9. The summed E-state index contributed by atoms with van der Waals surface area (Å²) in [5.41, 5.74) is 0. The van der Waals surface area contributed by atoms with E-state index in [1.54, 1.807) is 6.07 Å². The van der Waals surface area contributed by atoms with Crippen molar-refractivity contribution in [2.45, 2.75) is 14.7 Å². The number of nitrogens with two attached hydrogens (primary N) is 1. The number of hydrogen-bond donors (Lipinski definition) is 1. The first-order chi connectivity index (χ1) is 11.2. The Hall–Kier alpha value is 1.73. The quantitative estimate of drug-likeness (QED) is 0.244. The van der Waals surface area contributed by atoms with E-state index < -0.39 is 40.1 Å². The van der Waals surface area contributed by atoms with E-state index in [1.165, 1.54) is 30.3 Å². The zero-order chi connectivity index (χ0) is 19.5. The Kier molecular flexibility index (Phi) is 14.4. The standard InChI is InChI=1S/C12H10ClNO4S2.2K.H2O4S/c13-9-6-7-11(20(14,17)18)12(8-9)19(15,16)10-4-2-1-3-5-10;;;1-5(2,3)4/h1-8H,(H2,14,17,18);;;(H2,1,2,3,4)/q;2*+1;/p-2. The Labute approximate surface area is 247 Å². The van der Waals surface area contributed by atoms with E-state index in [4.69, 9.17) is 34.3 Å². The molecule has 0 amide bonds. The number of sulfone groups is 1. The van der Waals surface area contributed by atoms with Gasteiger partial charge in [0.25, 0.3) is 0 Å². The van der Waals surface area contributed by atoms with Gasteiger partial charge in [0.05, 0.1) is 9.79 Å². The van der Waals surface area contributed by atoms with E-state index in [0.717, 1.165) is 12.1 Å². The van der Waals surface area contributed by atoms with Crippen molar-refractivity contribution in [1.82, 2.24) is 0 Å². The molecule has 2 aromatic rings. The van der Waals surface area contributed by atoms with Crippen molar-refractivity contribution in [2.75, 3.05) is 0 Å². The molecule has 2 N–H and O–H groups in total. The minimum atomic E-state index is -5.17. The summed E-state index contributed by atoms with van der Waals surface area (Å²) < 4.78 is 82.1. The first-order valence-corrected chi connectivity index (χ1v) is 10.8. The van der Waals surface area contributed by atoms with Crippen molar-refractivity contribution < 1.29 is 137 Å². The van der Waals surface area contributed by atoms with Gasteiger partial charge in [0.15, 0.2) is 0 Å². The van der Waals surface area contributed by atoms with Crippen LogP contribution < -0.4 is 108 Å². The number of hydrogen-bond acceptors (Lipinski definition) is 8. The molecule has 0 spiro atoms. The predicted molar refractivity (Wildman–Crippen MR) is 85.2 cm³/mol. The Morgan fingerprint density at radius 2 is 1.22 bits per heavy atom. The first kappa shape index (κ1) is 30.9. The van der Waals surface area contributed by atoms with Crippen LogP contribution in [0.4, 0.5) is 0 Å². The Balaban J connectivity index is 0. The van der Waals surface area contributed by atoms with Crippen molar-refractivity contribution >= 4 is 41.9 Å². The third kappa shape index (κ3) is 11.1. The fourth-order valence-corrected chi connectivity index (χ4v) is 4.55. The van der Waals surface area contributed by atoms with Crippen LogP contribution >= 0.6 is 11.6 Å². The van der Waals surface area contributed by atoms with Gasteiger partial charge >= 0.3 is 103 Å². The molecule has 138 valence electrons. The van der Waals surface area contributed by atoms with Gasteiger partial charge in [0.2, 0.25) is 19.9 Å². The van der Waals surface area contributed by atoms with Crippen LogP contribution in [0, 0.1) is 0 Å². The molecule has 0 aromatic heterocycles. The second kappa shape index (κ2) is 12.6. The fourth-order valence-electron chi connectivity index (χ4n) is 1.65. The third-order valence-electron chi connectivity index (χ3n) is 2.56. The summed E-state index contributed by atoms with van der Waals surface area (Å²) in [5, 5.41) is 5.15. The molecule has 9 nitrogen and oxygen atoms in total. The molecule has 2 rings (SSSR count). The summed E-state index contributed by atoms with van der Waals surface area (Å²) in [6.07, 6.45) is 0. The van der Waals surface area contributed by atoms with Gasteiger partial charge in [-0.15, -0.1) is 0 Å². The van der Waals surface area contributed by atoms with Crippen molar-refractivity contribution in [3.05, 3.63) is 53.6 Å². The second-order valence-corrected chi connectivity index (χ2v) is 9.06. The van der Waals surface area contributed by atoms with E-state index in [9.17, 15) is 16.8 Å². The first-order valence-electron chi connectivity index (χ1n) is 6.02. The minimum absolute atomic E-state index is 0. The minimum Gasteiger partial charge on any atom is -0.759 e. The number of benzene rings is 2. The number of halogens is 1. The van der Waals surface area contributed by atoms with Crippen LogP contribution in [-0.2, 0) is 30.3 Å². The van der Waals surface area contributed by atoms with E-state index in [-0.39, 0.29) is 113 Å². The molecule has 0 bridgehead atoms. The van der Waals surface area contributed by atoms with Crippen LogP contribution in [0.15, 0.2) is 63.2 Å². The average Bonchev–Trinajstić information content (AvgIpc) is 2.45. The van der Waals surface area contributed by atoms with Gasteiger partial charge in [-0.05, 0) is 30.3 Å². The average molecular weight is 506 g/mol. The Bertz CT molecular complexity index is 1070. The smallest absolute Gasteiger partial charge is 0.759 e. The van der Waals surface area contributed by atoms with Gasteiger partial charge < -0.3 is 9.11 Å². The number of rotatable bonds is 3. The van der Waals surface area contributed by atoms with Gasteiger partial charge in [-0.1, -0.05) is 29.8 Å². The van der Waals surface area contributed by atoms with Crippen LogP contribution in [0.25, 0.3) is 0 Å². The normalized spacial score (nSPS) is 11.3. The summed E-state index contributed by atoms with van der Waals surface area (Å²) in [7, 11) is -13.4. The maximum atomic E-state index is 12.5. The largest absolute Gasteiger partial charge is 1.00 e. The summed E-state index contributed by atoms with van der Waals surface area (Å²) in [6.45, 7) is 0. The molecule has 0 radical (unpaired) electrons. The van der Waals surface area contributed by atoms with Crippen molar-refractivity contribution in [3.8, 4) is 0 Å². The SMILES string of the molecule is NS(=O)(=O)c1ccc(Cl)cc1S(=O)(=O)c1ccccc1.O=S(=O)([O-])[O-].[K+].[K+]. The van der Waals surface area contributed by atoms with Gasteiger partial charge in [-0.25, -0.2) is 22.0 Å². The Morgan fingerprint density at radius 3 is 1.63 bits per heavy atom. The molecule has 0 saturated heterocycles. The fraction of sp³-hybridized carbons (Fsp3) is 0. The molecule has 0 aliphatic rings. The maximum Gasteiger partial charge on any atom is 1.00 e. The van der Waals surface area contributed by atoms with Crippen LogP contribution in [0.1, 0.15) is 0 Å². The molecule has 0 heterocycles. The van der Waals surface area contributed by atoms with Crippen LogP contribution in [0.2, 0.25) is 5.02 Å². The van der Waals surface area contributed by atoms with Crippen molar-refractivity contribution in [2.24, 2.45) is 5.14 Å². The van der Waals surface area contributed by atoms with Crippen LogP contribution in [0.5, 0.6) is 0 Å². The zero-order valence-corrected chi connectivity index (χ0v) is 23.5. The number of sulfonamides is 1. The second-order valence-electron chi connectivity index (χ2n) is 4.36. The molecule has 27 heavy (non-hydrogen) atoms. The van der Waals surface area contributed by atoms with Gasteiger partial charge in [-0.2, -0.15) is 0 Å². The monoisotopic (exact) mass is 505 g/mol. The van der Waals surface area contributed by atoms with Crippen LogP contribution in [-0.4, -0.2) is 34.4 Å². The van der Waals surface area contributed by atoms with Crippen LogP contribution in [0.3, 0.4) is 0 Å². The summed E-state index contributed by atoms with van der Waals surface area (Å²) >= 11 is 5.76. The van der Waals surface area contributed by atoms with E-state index >= 15 is 0 Å². The van der Waals surface area contributed by atoms with Crippen molar-refractivity contribution in [3.63, 3.8) is 0 Å². The molecule has 0 saturated carbocycles. The Morgan fingerprint density at radius 1 is 0.778 bits per heavy atom. The summed E-state index contributed by atoms with van der Waals surface area (Å²) in [5.74, 6) is 0. The van der Waals surface area contributed by atoms with E-state index in [2.05, 4.69) is 0 Å². The predicted octanol–water partition coefficient (Wildman–Crippen LogP) is -5.51. The molecule has 2 aromatic carbocycles. The molecule has 0 fully saturated rings. The molecular formula is C12H10ClK2NO8S3. The third-order valence-corrected chi connectivity index (χ3v) is 5.70. The number of primary sulfonamides is 1. The van der Waals surface area contributed by atoms with E-state index in [0.29, 0.717) is 0 Å². The molecule has 15 heteroatoms. The summed E-state index contributed by atoms with van der Waals surface area (Å²) in [4.78, 5) is -0.948. The molecular weight excluding hydrogens is 496 g/mol. The molecule has 0 unspecified atom stereocenters. The van der Waals surface area contributed by atoms with Crippen molar-refractivity contribution in [1.29, 1.82) is 0 Å². The zero-order valence-electron chi connectivity index (χ0n) is 14.1. The van der Waals surface area contributed by atoms with Gasteiger partial charge in [-0.3, -0.25) is 8.42 Å².